The summed E-state index contributed by atoms with van der Waals surface area (Å²) < 4.78 is 4.69. The van der Waals surface area contributed by atoms with Gasteiger partial charge in [0, 0.05) is 38.2 Å². The van der Waals surface area contributed by atoms with Gasteiger partial charge in [-0.2, -0.15) is 0 Å². The number of fused-ring (bicyclic) bond motifs is 8. The van der Waals surface area contributed by atoms with Crippen molar-refractivity contribution in [2.24, 2.45) is 0 Å². The molecule has 4 nitrogen and oxygen atoms in total. The van der Waals surface area contributed by atoms with Crippen LogP contribution < -0.4 is 0 Å². The van der Waals surface area contributed by atoms with Gasteiger partial charge in [0.15, 0.2) is 0 Å². The zero-order chi connectivity index (χ0) is 30.2. The molecule has 3 aromatic heterocycles. The van der Waals surface area contributed by atoms with Crippen molar-refractivity contribution in [1.29, 1.82) is 0 Å². The van der Waals surface area contributed by atoms with Crippen LogP contribution in [0.15, 0.2) is 127 Å². The average Bonchev–Trinajstić information content (AvgIpc) is 3.56. The third-order valence-corrected chi connectivity index (χ3v) is 9.06. The SMILES string of the molecule is Cc1cccc(-c2nc(-n3c4ccc(C)cc4c4c3ccc3c5ccccc5n(-c5cccc(C)c5)c34)nc3ccccc23)c1. The Bertz CT molecular complexity index is 2640. The minimum atomic E-state index is 0.673. The Kier molecular flexibility index (Phi) is 5.51. The molecule has 9 rings (SSSR count). The van der Waals surface area contributed by atoms with E-state index in [0.29, 0.717) is 5.95 Å². The summed E-state index contributed by atoms with van der Waals surface area (Å²) in [6.45, 7) is 6.45. The number of hydrogen-bond acceptors (Lipinski definition) is 2. The molecule has 0 bridgehead atoms. The second-order valence-electron chi connectivity index (χ2n) is 12.2. The van der Waals surface area contributed by atoms with E-state index in [1.165, 1.54) is 49.3 Å². The molecule has 4 heteroatoms. The first kappa shape index (κ1) is 25.7. The molecule has 214 valence electrons. The van der Waals surface area contributed by atoms with E-state index in [2.05, 4.69) is 157 Å². The smallest absolute Gasteiger partial charge is 0.235 e. The molecule has 6 aromatic carbocycles. The number of aromatic nitrogens is 4. The second-order valence-corrected chi connectivity index (χ2v) is 12.2. The average molecular weight is 579 g/mol. The summed E-state index contributed by atoms with van der Waals surface area (Å²) in [5, 5.41) is 5.93. The zero-order valence-corrected chi connectivity index (χ0v) is 25.4. The Balaban J connectivity index is 1.46. The second kappa shape index (κ2) is 9.63. The summed E-state index contributed by atoms with van der Waals surface area (Å²) in [7, 11) is 0. The third-order valence-electron chi connectivity index (χ3n) is 9.06. The van der Waals surface area contributed by atoms with Gasteiger partial charge in [-0.05, 0) is 74.9 Å². The summed E-state index contributed by atoms with van der Waals surface area (Å²) in [4.78, 5) is 10.5. The highest BCUT2D eigenvalue weighted by molar-refractivity contribution is 6.26. The first-order valence-electron chi connectivity index (χ1n) is 15.4. The lowest BCUT2D eigenvalue weighted by molar-refractivity contribution is 1.01. The van der Waals surface area contributed by atoms with E-state index in [4.69, 9.17) is 9.97 Å². The molecule has 0 radical (unpaired) electrons. The van der Waals surface area contributed by atoms with Crippen molar-refractivity contribution in [3.8, 4) is 22.9 Å². The van der Waals surface area contributed by atoms with Gasteiger partial charge in [-0.1, -0.05) is 90.0 Å². The number of para-hydroxylation sites is 2. The maximum atomic E-state index is 5.34. The van der Waals surface area contributed by atoms with Gasteiger partial charge in [-0.3, -0.25) is 4.57 Å². The highest BCUT2D eigenvalue weighted by Gasteiger charge is 2.22. The topological polar surface area (TPSA) is 35.6 Å². The molecular formula is C41H30N4. The standard InChI is InChI=1S/C41H30N4/c1-25-10-8-12-28(22-25)39-32-15-4-6-16-34(32)42-41(43-39)45-36-20-18-27(3)24-33(36)38-37(45)21-19-31-30-14-5-7-17-35(30)44(40(31)38)29-13-9-11-26(2)23-29/h4-24H,1-3H3. The van der Waals surface area contributed by atoms with E-state index >= 15 is 0 Å². The molecule has 0 spiro atoms. The minimum Gasteiger partial charge on any atom is -0.309 e. The van der Waals surface area contributed by atoms with Crippen molar-refractivity contribution >= 4 is 54.5 Å². The maximum Gasteiger partial charge on any atom is 0.235 e. The first-order chi connectivity index (χ1) is 22.0. The predicted molar refractivity (Wildman–Crippen MR) is 188 cm³/mol. The number of nitrogens with zero attached hydrogens (tertiary/aromatic N) is 4. The predicted octanol–water partition coefficient (Wildman–Crippen LogP) is 10.4. The molecule has 0 aliphatic carbocycles. The normalized spacial score (nSPS) is 11.9. The highest BCUT2D eigenvalue weighted by atomic mass is 15.2. The largest absolute Gasteiger partial charge is 0.309 e. The van der Waals surface area contributed by atoms with Crippen molar-refractivity contribution in [2.45, 2.75) is 20.8 Å². The Hall–Kier alpha value is -5.74. The van der Waals surface area contributed by atoms with Crippen molar-refractivity contribution < 1.29 is 0 Å². The summed E-state index contributed by atoms with van der Waals surface area (Å²) in [5.74, 6) is 0.673. The van der Waals surface area contributed by atoms with Crippen molar-refractivity contribution in [3.63, 3.8) is 0 Å². The van der Waals surface area contributed by atoms with E-state index in [1.54, 1.807) is 0 Å². The van der Waals surface area contributed by atoms with Crippen LogP contribution in [-0.4, -0.2) is 19.1 Å². The third kappa shape index (κ3) is 3.85. The molecule has 0 aliphatic rings. The van der Waals surface area contributed by atoms with E-state index in [0.717, 1.165) is 38.9 Å². The molecule has 45 heavy (non-hydrogen) atoms. The van der Waals surface area contributed by atoms with Crippen LogP contribution >= 0.6 is 0 Å². The van der Waals surface area contributed by atoms with Gasteiger partial charge >= 0.3 is 0 Å². The molecular weight excluding hydrogens is 548 g/mol. The fraction of sp³-hybridized carbons (Fsp3) is 0.0732. The van der Waals surface area contributed by atoms with Crippen LogP contribution in [0.3, 0.4) is 0 Å². The van der Waals surface area contributed by atoms with Gasteiger partial charge in [0.05, 0.1) is 33.3 Å². The molecule has 0 unspecified atom stereocenters. The lowest BCUT2D eigenvalue weighted by Crippen LogP contribution is -2.03. The molecule has 0 amide bonds. The van der Waals surface area contributed by atoms with Crippen molar-refractivity contribution in [2.75, 3.05) is 0 Å². The van der Waals surface area contributed by atoms with Crippen LogP contribution in [0.1, 0.15) is 16.7 Å². The van der Waals surface area contributed by atoms with Crippen LogP contribution in [-0.2, 0) is 0 Å². The molecule has 0 saturated carbocycles. The molecule has 0 fully saturated rings. The van der Waals surface area contributed by atoms with Gasteiger partial charge < -0.3 is 4.57 Å². The van der Waals surface area contributed by atoms with Crippen LogP contribution in [0.2, 0.25) is 0 Å². The zero-order valence-electron chi connectivity index (χ0n) is 25.4. The van der Waals surface area contributed by atoms with E-state index < -0.39 is 0 Å². The summed E-state index contributed by atoms with van der Waals surface area (Å²) in [6.07, 6.45) is 0. The van der Waals surface area contributed by atoms with Crippen LogP contribution in [0.4, 0.5) is 0 Å². The number of rotatable bonds is 3. The molecule has 9 aromatic rings. The fourth-order valence-corrected chi connectivity index (χ4v) is 7.10. The quantitative estimate of drug-likeness (QED) is 0.209. The molecule has 0 N–H and O–H groups in total. The van der Waals surface area contributed by atoms with Gasteiger partial charge in [0.2, 0.25) is 5.95 Å². The van der Waals surface area contributed by atoms with Crippen LogP contribution in [0.5, 0.6) is 0 Å². The molecule has 3 heterocycles. The Morgan fingerprint density at radius 1 is 0.467 bits per heavy atom. The summed E-state index contributed by atoms with van der Waals surface area (Å²) >= 11 is 0. The van der Waals surface area contributed by atoms with E-state index in [1.807, 2.05) is 0 Å². The van der Waals surface area contributed by atoms with Gasteiger partial charge in [-0.15, -0.1) is 0 Å². The number of aryl methyl sites for hydroxylation is 3. The summed E-state index contributed by atoms with van der Waals surface area (Å²) in [6, 6.07) is 45.7. The van der Waals surface area contributed by atoms with E-state index in [9.17, 15) is 0 Å². The van der Waals surface area contributed by atoms with E-state index in [-0.39, 0.29) is 0 Å². The Morgan fingerprint density at radius 3 is 2.02 bits per heavy atom. The van der Waals surface area contributed by atoms with Crippen LogP contribution in [0.25, 0.3) is 77.4 Å². The van der Waals surface area contributed by atoms with Gasteiger partial charge in [-0.25, -0.2) is 9.97 Å². The lowest BCUT2D eigenvalue weighted by Gasteiger charge is -2.12. The maximum absolute atomic E-state index is 5.34. The highest BCUT2D eigenvalue weighted by Crippen LogP contribution is 2.42. The summed E-state index contributed by atoms with van der Waals surface area (Å²) in [5.41, 5.74) is 12.4. The Morgan fingerprint density at radius 2 is 1.18 bits per heavy atom. The number of hydrogen-bond donors (Lipinski definition) is 0. The van der Waals surface area contributed by atoms with Crippen molar-refractivity contribution in [3.05, 3.63) is 144 Å². The monoisotopic (exact) mass is 578 g/mol. The first-order valence-corrected chi connectivity index (χ1v) is 15.4. The molecule has 0 saturated heterocycles. The lowest BCUT2D eigenvalue weighted by atomic mass is 10.0. The van der Waals surface area contributed by atoms with Crippen molar-refractivity contribution in [1.82, 2.24) is 19.1 Å². The molecule has 0 aliphatic heterocycles. The number of benzene rings is 6. The Labute approximate surface area is 260 Å². The van der Waals surface area contributed by atoms with Gasteiger partial charge in [0.25, 0.3) is 0 Å². The minimum absolute atomic E-state index is 0.673. The van der Waals surface area contributed by atoms with Crippen LogP contribution in [0, 0.1) is 20.8 Å². The molecule has 0 atom stereocenters. The van der Waals surface area contributed by atoms with Gasteiger partial charge in [0.1, 0.15) is 0 Å². The fourth-order valence-electron chi connectivity index (χ4n) is 7.10.